The lowest BCUT2D eigenvalue weighted by Crippen LogP contribution is -2.48. The van der Waals surface area contributed by atoms with Gasteiger partial charge in [-0.25, -0.2) is 0 Å². The molecule has 1 aromatic heterocycles. The molecule has 0 amide bonds. The summed E-state index contributed by atoms with van der Waals surface area (Å²) in [5.41, 5.74) is 8.08. The molecule has 1 heterocycles. The average molecular weight is 439 g/mol. The summed E-state index contributed by atoms with van der Waals surface area (Å²) in [6, 6.07) is 17.2. The summed E-state index contributed by atoms with van der Waals surface area (Å²) in [6.07, 6.45) is 9.07. The third-order valence-corrected chi connectivity index (χ3v) is 6.93. The summed E-state index contributed by atoms with van der Waals surface area (Å²) in [5.74, 6) is 0.913. The van der Waals surface area contributed by atoms with Gasteiger partial charge in [0.1, 0.15) is 5.75 Å². The molecule has 2 N–H and O–H groups in total. The lowest BCUT2D eigenvalue weighted by molar-refractivity contribution is 0.103. The van der Waals surface area contributed by atoms with Gasteiger partial charge in [-0.2, -0.15) is 0 Å². The zero-order valence-corrected chi connectivity index (χ0v) is 17.9. The number of ether oxygens (including phenoxy) is 1. The van der Waals surface area contributed by atoms with Gasteiger partial charge in [-0.1, -0.05) is 37.3 Å². The molecule has 1 saturated carbocycles. The number of halogens is 1. The van der Waals surface area contributed by atoms with Gasteiger partial charge in [0.15, 0.2) is 0 Å². The maximum atomic E-state index is 6.64. The van der Waals surface area contributed by atoms with E-state index < -0.39 is 0 Å². The third kappa shape index (κ3) is 3.68. The minimum atomic E-state index is 0.0577. The SMILES string of the molecule is CCC(N)[C@]1(c2ccccc2)CC[C@H](Oc2cc3ccncc3cc2Br)CC1. The molecular formula is C24H27BrN2O. The largest absolute Gasteiger partial charge is 0.489 e. The standard InChI is InChI=1S/C24H27BrN2O/c1-2-23(26)24(19-6-4-3-5-7-19)11-8-20(9-12-24)28-22-15-17-10-13-27-16-18(17)14-21(22)25/h3-7,10,13-16,20,23H,2,8-9,11-12,26H2,1H3/t20-,23?,24+. The zero-order chi connectivity index (χ0) is 19.6. The molecule has 0 spiro atoms. The van der Waals surface area contributed by atoms with E-state index in [1.807, 2.05) is 18.5 Å². The van der Waals surface area contributed by atoms with E-state index in [0.29, 0.717) is 0 Å². The Kier molecular flexibility index (Phi) is 5.70. The Labute approximate surface area is 175 Å². The number of benzene rings is 2. The second-order valence-electron chi connectivity index (χ2n) is 7.86. The van der Waals surface area contributed by atoms with Crippen LogP contribution in [-0.2, 0) is 5.41 Å². The van der Waals surface area contributed by atoms with Crippen molar-refractivity contribution in [1.29, 1.82) is 0 Å². The van der Waals surface area contributed by atoms with Crippen LogP contribution in [0.2, 0.25) is 0 Å². The molecule has 4 heteroatoms. The normalized spacial score (nSPS) is 23.5. The molecule has 0 aliphatic heterocycles. The van der Waals surface area contributed by atoms with Crippen molar-refractivity contribution in [2.75, 3.05) is 0 Å². The van der Waals surface area contributed by atoms with Crippen LogP contribution in [0.15, 0.2) is 65.4 Å². The van der Waals surface area contributed by atoms with Crippen LogP contribution in [-0.4, -0.2) is 17.1 Å². The molecular weight excluding hydrogens is 412 g/mol. The number of nitrogens with two attached hydrogens (primary N) is 1. The fraction of sp³-hybridized carbons (Fsp3) is 0.375. The lowest BCUT2D eigenvalue weighted by atomic mass is 9.64. The monoisotopic (exact) mass is 438 g/mol. The molecule has 0 saturated heterocycles. The molecule has 1 atom stereocenters. The molecule has 1 unspecified atom stereocenters. The Morgan fingerprint density at radius 1 is 1.14 bits per heavy atom. The van der Waals surface area contributed by atoms with Crippen LogP contribution in [0.1, 0.15) is 44.6 Å². The van der Waals surface area contributed by atoms with Gasteiger partial charge >= 0.3 is 0 Å². The van der Waals surface area contributed by atoms with Crippen molar-refractivity contribution in [1.82, 2.24) is 4.98 Å². The van der Waals surface area contributed by atoms with Gasteiger partial charge in [-0.15, -0.1) is 0 Å². The summed E-state index contributed by atoms with van der Waals surface area (Å²) in [6.45, 7) is 2.19. The van der Waals surface area contributed by atoms with Crippen molar-refractivity contribution in [3.63, 3.8) is 0 Å². The van der Waals surface area contributed by atoms with E-state index in [1.165, 1.54) is 5.56 Å². The van der Waals surface area contributed by atoms with Crippen LogP contribution >= 0.6 is 15.9 Å². The first kappa shape index (κ1) is 19.4. The fourth-order valence-corrected chi connectivity index (χ4v) is 5.07. The fourth-order valence-electron chi connectivity index (χ4n) is 4.62. The highest BCUT2D eigenvalue weighted by Gasteiger charge is 2.41. The van der Waals surface area contributed by atoms with E-state index in [4.69, 9.17) is 10.5 Å². The molecule has 28 heavy (non-hydrogen) atoms. The number of fused-ring (bicyclic) bond motifs is 1. The van der Waals surface area contributed by atoms with Crippen molar-refractivity contribution in [2.45, 2.75) is 56.6 Å². The molecule has 1 fully saturated rings. The molecule has 4 rings (SSSR count). The summed E-state index contributed by atoms with van der Waals surface area (Å²) in [5, 5.41) is 2.26. The summed E-state index contributed by atoms with van der Waals surface area (Å²) in [7, 11) is 0. The molecule has 2 aromatic carbocycles. The predicted molar refractivity (Wildman–Crippen MR) is 119 cm³/mol. The second kappa shape index (κ2) is 8.22. The van der Waals surface area contributed by atoms with Crippen molar-refractivity contribution in [2.24, 2.45) is 5.73 Å². The van der Waals surface area contributed by atoms with E-state index in [-0.39, 0.29) is 17.6 Å². The van der Waals surface area contributed by atoms with Crippen molar-refractivity contribution in [3.8, 4) is 5.75 Å². The zero-order valence-electron chi connectivity index (χ0n) is 16.3. The molecule has 3 nitrogen and oxygen atoms in total. The molecule has 3 aromatic rings. The Hall–Kier alpha value is -1.91. The van der Waals surface area contributed by atoms with Gasteiger partial charge < -0.3 is 10.5 Å². The van der Waals surface area contributed by atoms with Crippen LogP contribution in [0, 0.1) is 0 Å². The summed E-state index contributed by atoms with van der Waals surface area (Å²) >= 11 is 3.67. The van der Waals surface area contributed by atoms with Crippen LogP contribution in [0.3, 0.4) is 0 Å². The maximum Gasteiger partial charge on any atom is 0.134 e. The molecule has 1 aliphatic carbocycles. The van der Waals surface area contributed by atoms with Crippen LogP contribution in [0.4, 0.5) is 0 Å². The first-order valence-corrected chi connectivity index (χ1v) is 10.9. The first-order chi connectivity index (χ1) is 13.6. The average Bonchev–Trinajstić information content (AvgIpc) is 2.75. The summed E-state index contributed by atoms with van der Waals surface area (Å²) < 4.78 is 7.41. The smallest absolute Gasteiger partial charge is 0.134 e. The van der Waals surface area contributed by atoms with E-state index in [9.17, 15) is 0 Å². The highest BCUT2D eigenvalue weighted by molar-refractivity contribution is 9.10. The highest BCUT2D eigenvalue weighted by Crippen LogP contribution is 2.44. The van der Waals surface area contributed by atoms with E-state index >= 15 is 0 Å². The van der Waals surface area contributed by atoms with E-state index in [0.717, 1.165) is 53.1 Å². The van der Waals surface area contributed by atoms with Gasteiger partial charge in [-0.3, -0.25) is 4.98 Å². The van der Waals surface area contributed by atoms with E-state index in [2.05, 4.69) is 70.3 Å². The number of pyridine rings is 1. The maximum absolute atomic E-state index is 6.64. The summed E-state index contributed by atoms with van der Waals surface area (Å²) in [4.78, 5) is 4.20. The van der Waals surface area contributed by atoms with Gasteiger partial charge in [-0.05, 0) is 77.2 Å². The Balaban J connectivity index is 1.52. The van der Waals surface area contributed by atoms with Crippen molar-refractivity contribution >= 4 is 26.7 Å². The van der Waals surface area contributed by atoms with Crippen LogP contribution in [0.5, 0.6) is 5.75 Å². The van der Waals surface area contributed by atoms with Gasteiger partial charge in [0.2, 0.25) is 0 Å². The molecule has 146 valence electrons. The Bertz CT molecular complexity index is 936. The van der Waals surface area contributed by atoms with E-state index in [1.54, 1.807) is 0 Å². The number of hydrogen-bond acceptors (Lipinski definition) is 3. The van der Waals surface area contributed by atoms with Crippen LogP contribution in [0.25, 0.3) is 10.8 Å². The topological polar surface area (TPSA) is 48.1 Å². The molecule has 0 radical (unpaired) electrons. The third-order valence-electron chi connectivity index (χ3n) is 6.31. The second-order valence-corrected chi connectivity index (χ2v) is 8.71. The number of aromatic nitrogens is 1. The first-order valence-electron chi connectivity index (χ1n) is 10.1. The lowest BCUT2D eigenvalue weighted by Gasteiger charge is -2.44. The molecule has 0 bridgehead atoms. The van der Waals surface area contributed by atoms with Gasteiger partial charge in [0, 0.05) is 29.2 Å². The Morgan fingerprint density at radius 3 is 2.61 bits per heavy atom. The van der Waals surface area contributed by atoms with Gasteiger partial charge in [0.25, 0.3) is 0 Å². The quantitative estimate of drug-likeness (QED) is 0.531. The van der Waals surface area contributed by atoms with Crippen molar-refractivity contribution in [3.05, 3.63) is 71.0 Å². The predicted octanol–water partition coefficient (Wildman–Crippen LogP) is 5.99. The van der Waals surface area contributed by atoms with Crippen LogP contribution < -0.4 is 10.5 Å². The number of rotatable bonds is 5. The molecule has 1 aliphatic rings. The number of nitrogens with zero attached hydrogens (tertiary/aromatic N) is 1. The minimum absolute atomic E-state index is 0.0577. The Morgan fingerprint density at radius 2 is 1.89 bits per heavy atom. The number of hydrogen-bond donors (Lipinski definition) is 1. The van der Waals surface area contributed by atoms with Crippen molar-refractivity contribution < 1.29 is 4.74 Å². The highest BCUT2D eigenvalue weighted by atomic mass is 79.9. The van der Waals surface area contributed by atoms with Gasteiger partial charge in [0.05, 0.1) is 10.6 Å². The minimum Gasteiger partial charge on any atom is -0.489 e.